The van der Waals surface area contributed by atoms with E-state index in [0.717, 1.165) is 48.3 Å². The molecule has 1 aromatic heterocycles. The first-order valence-corrected chi connectivity index (χ1v) is 11.1. The van der Waals surface area contributed by atoms with Crippen LogP contribution in [0.1, 0.15) is 31.4 Å². The van der Waals surface area contributed by atoms with Gasteiger partial charge in [0.15, 0.2) is 0 Å². The number of benzene rings is 2. The zero-order valence-corrected chi connectivity index (χ0v) is 18.5. The molecule has 0 saturated carbocycles. The lowest BCUT2D eigenvalue weighted by molar-refractivity contribution is -0.129. The molecule has 7 heteroatoms. The molecule has 0 aliphatic carbocycles. The number of nitrogens with zero attached hydrogens (tertiary/aromatic N) is 2. The Morgan fingerprint density at radius 2 is 1.69 bits per heavy atom. The molecule has 0 aliphatic rings. The van der Waals surface area contributed by atoms with Crippen molar-refractivity contribution < 1.29 is 9.59 Å². The van der Waals surface area contributed by atoms with Crippen molar-refractivity contribution in [1.82, 2.24) is 20.4 Å². The second-order valence-electron chi connectivity index (χ2n) is 7.77. The zero-order chi connectivity index (χ0) is 22.6. The molecule has 32 heavy (non-hydrogen) atoms. The SMILES string of the molecule is CN(CCCCCc1cc(-c2ccccc2)n[nH]1)C(=O)CCNC(=O)Nc1ccccc1. The lowest BCUT2D eigenvalue weighted by Crippen LogP contribution is -2.34. The number of amides is 3. The number of carbonyl (C=O) groups is 2. The molecule has 0 fully saturated rings. The first kappa shape index (κ1) is 23.1. The van der Waals surface area contributed by atoms with Crippen LogP contribution in [0.2, 0.25) is 0 Å². The number of hydrogen-bond donors (Lipinski definition) is 3. The average Bonchev–Trinajstić information content (AvgIpc) is 3.29. The van der Waals surface area contributed by atoms with Crippen LogP contribution in [0.5, 0.6) is 0 Å². The van der Waals surface area contributed by atoms with E-state index >= 15 is 0 Å². The number of para-hydroxylation sites is 1. The van der Waals surface area contributed by atoms with Crippen LogP contribution >= 0.6 is 0 Å². The van der Waals surface area contributed by atoms with Crippen molar-refractivity contribution in [2.75, 3.05) is 25.5 Å². The zero-order valence-electron chi connectivity index (χ0n) is 18.5. The predicted molar refractivity (Wildman–Crippen MR) is 127 cm³/mol. The molecule has 0 atom stereocenters. The lowest BCUT2D eigenvalue weighted by Gasteiger charge is -2.17. The van der Waals surface area contributed by atoms with E-state index in [4.69, 9.17) is 0 Å². The van der Waals surface area contributed by atoms with Gasteiger partial charge in [-0.25, -0.2) is 4.79 Å². The number of urea groups is 1. The lowest BCUT2D eigenvalue weighted by atomic mass is 10.1. The fourth-order valence-electron chi connectivity index (χ4n) is 3.38. The van der Waals surface area contributed by atoms with Crippen molar-refractivity contribution in [2.24, 2.45) is 0 Å². The molecule has 3 N–H and O–H groups in total. The molecule has 3 amide bonds. The van der Waals surface area contributed by atoms with Gasteiger partial charge in [0.1, 0.15) is 0 Å². The summed E-state index contributed by atoms with van der Waals surface area (Å²) in [6.07, 6.45) is 4.26. The maximum atomic E-state index is 12.2. The van der Waals surface area contributed by atoms with Crippen molar-refractivity contribution in [2.45, 2.75) is 32.1 Å². The van der Waals surface area contributed by atoms with Gasteiger partial charge >= 0.3 is 6.03 Å². The second-order valence-corrected chi connectivity index (χ2v) is 7.77. The molecular formula is C25H31N5O2. The van der Waals surface area contributed by atoms with Crippen LogP contribution < -0.4 is 10.6 Å². The molecule has 0 aliphatic heterocycles. The molecule has 7 nitrogen and oxygen atoms in total. The topological polar surface area (TPSA) is 90.1 Å². The van der Waals surface area contributed by atoms with Gasteiger partial charge in [0.25, 0.3) is 0 Å². The number of rotatable bonds is 11. The highest BCUT2D eigenvalue weighted by atomic mass is 16.2. The van der Waals surface area contributed by atoms with Gasteiger partial charge < -0.3 is 15.5 Å². The minimum atomic E-state index is -0.305. The van der Waals surface area contributed by atoms with Crippen molar-refractivity contribution >= 4 is 17.6 Å². The van der Waals surface area contributed by atoms with E-state index in [9.17, 15) is 9.59 Å². The molecular weight excluding hydrogens is 402 g/mol. The Morgan fingerprint density at radius 3 is 2.44 bits per heavy atom. The molecule has 168 valence electrons. The molecule has 3 rings (SSSR count). The number of unbranched alkanes of at least 4 members (excludes halogenated alkanes) is 2. The first-order chi connectivity index (χ1) is 15.6. The molecule has 0 spiro atoms. The minimum Gasteiger partial charge on any atom is -0.346 e. The predicted octanol–water partition coefficient (Wildman–Crippen LogP) is 4.46. The Morgan fingerprint density at radius 1 is 0.969 bits per heavy atom. The van der Waals surface area contributed by atoms with E-state index in [-0.39, 0.29) is 18.4 Å². The van der Waals surface area contributed by atoms with E-state index in [1.54, 1.807) is 4.90 Å². The Bertz CT molecular complexity index is 972. The number of carbonyl (C=O) groups excluding carboxylic acids is 2. The Kier molecular flexibility index (Phi) is 8.86. The van der Waals surface area contributed by atoms with Crippen LogP contribution in [-0.4, -0.2) is 47.2 Å². The number of anilines is 1. The number of aromatic amines is 1. The summed E-state index contributed by atoms with van der Waals surface area (Å²) in [5.41, 5.74) is 3.94. The Balaban J connectivity index is 1.25. The smallest absolute Gasteiger partial charge is 0.319 e. The van der Waals surface area contributed by atoms with Gasteiger partial charge in [-0.2, -0.15) is 5.10 Å². The number of aryl methyl sites for hydroxylation is 1. The van der Waals surface area contributed by atoms with Gasteiger partial charge in [0, 0.05) is 43.5 Å². The van der Waals surface area contributed by atoms with Crippen molar-refractivity contribution in [3.63, 3.8) is 0 Å². The Labute approximate surface area is 189 Å². The third kappa shape index (κ3) is 7.58. The molecule has 2 aromatic carbocycles. The summed E-state index contributed by atoms with van der Waals surface area (Å²) in [6.45, 7) is 1.03. The molecule has 1 heterocycles. The number of hydrogen-bond acceptors (Lipinski definition) is 3. The monoisotopic (exact) mass is 433 g/mol. The highest BCUT2D eigenvalue weighted by Gasteiger charge is 2.09. The highest BCUT2D eigenvalue weighted by molar-refractivity contribution is 5.89. The number of nitrogens with one attached hydrogen (secondary N) is 3. The van der Waals surface area contributed by atoms with Gasteiger partial charge in [-0.05, 0) is 37.5 Å². The highest BCUT2D eigenvalue weighted by Crippen LogP contribution is 2.18. The number of H-pyrrole nitrogens is 1. The van der Waals surface area contributed by atoms with Gasteiger partial charge in [0.05, 0.1) is 5.69 Å². The van der Waals surface area contributed by atoms with Crippen molar-refractivity contribution in [1.29, 1.82) is 0 Å². The summed E-state index contributed by atoms with van der Waals surface area (Å²) < 4.78 is 0. The van der Waals surface area contributed by atoms with Crippen molar-refractivity contribution in [3.05, 3.63) is 72.4 Å². The average molecular weight is 434 g/mol. The van der Waals surface area contributed by atoms with Crippen LogP contribution in [0.15, 0.2) is 66.7 Å². The first-order valence-electron chi connectivity index (χ1n) is 11.1. The molecule has 0 saturated heterocycles. The van der Waals surface area contributed by atoms with Gasteiger partial charge in [0.2, 0.25) is 5.91 Å². The van der Waals surface area contributed by atoms with E-state index in [0.29, 0.717) is 13.1 Å². The summed E-state index contributed by atoms with van der Waals surface area (Å²) in [5.74, 6) is 0.0334. The normalized spacial score (nSPS) is 10.5. The third-order valence-corrected chi connectivity index (χ3v) is 5.22. The van der Waals surface area contributed by atoms with E-state index in [2.05, 4.69) is 39.0 Å². The summed E-state index contributed by atoms with van der Waals surface area (Å²) in [4.78, 5) is 25.8. The third-order valence-electron chi connectivity index (χ3n) is 5.22. The maximum Gasteiger partial charge on any atom is 0.319 e. The summed E-state index contributed by atoms with van der Waals surface area (Å²) in [7, 11) is 1.81. The van der Waals surface area contributed by atoms with Gasteiger partial charge in [-0.1, -0.05) is 55.0 Å². The summed E-state index contributed by atoms with van der Waals surface area (Å²) in [6, 6.07) is 21.1. The number of aromatic nitrogens is 2. The fraction of sp³-hybridized carbons (Fsp3) is 0.320. The standard InChI is InChI=1S/C25H31N5O2/c1-30(24(31)16-17-26-25(32)27-21-13-7-3-8-14-21)18-10-4-9-15-22-19-23(29-28-22)20-11-5-2-6-12-20/h2-3,5-8,11-14,19H,4,9-10,15-18H2,1H3,(H,28,29)(H2,26,27,32). The van der Waals surface area contributed by atoms with Crippen molar-refractivity contribution in [3.8, 4) is 11.3 Å². The minimum absolute atomic E-state index is 0.0334. The molecule has 3 aromatic rings. The molecule has 0 bridgehead atoms. The summed E-state index contributed by atoms with van der Waals surface area (Å²) in [5, 5.41) is 13.0. The van der Waals surface area contributed by atoms with Crippen LogP contribution in [0.3, 0.4) is 0 Å². The van der Waals surface area contributed by atoms with Gasteiger partial charge in [-0.15, -0.1) is 0 Å². The quantitative estimate of drug-likeness (QED) is 0.390. The van der Waals surface area contributed by atoms with E-state index in [1.807, 2.05) is 55.6 Å². The van der Waals surface area contributed by atoms with Crippen LogP contribution in [0.4, 0.5) is 10.5 Å². The Hall–Kier alpha value is -3.61. The van der Waals surface area contributed by atoms with Gasteiger partial charge in [-0.3, -0.25) is 9.89 Å². The van der Waals surface area contributed by atoms with Crippen LogP contribution in [0, 0.1) is 0 Å². The van der Waals surface area contributed by atoms with Crippen LogP contribution in [0.25, 0.3) is 11.3 Å². The van der Waals surface area contributed by atoms with E-state index < -0.39 is 0 Å². The molecule has 0 unspecified atom stereocenters. The van der Waals surface area contributed by atoms with E-state index in [1.165, 1.54) is 0 Å². The summed E-state index contributed by atoms with van der Waals surface area (Å²) >= 11 is 0. The van der Waals surface area contributed by atoms with Crippen LogP contribution in [-0.2, 0) is 11.2 Å². The second kappa shape index (κ2) is 12.3. The maximum absolute atomic E-state index is 12.2. The fourth-order valence-corrected chi connectivity index (χ4v) is 3.38. The molecule has 0 radical (unpaired) electrons. The largest absolute Gasteiger partial charge is 0.346 e.